The van der Waals surface area contributed by atoms with Crippen molar-refractivity contribution in [2.75, 3.05) is 19.8 Å². The van der Waals surface area contributed by atoms with Crippen molar-refractivity contribution in [2.24, 2.45) is 0 Å². The molecule has 4 heteroatoms. The van der Waals surface area contributed by atoms with E-state index in [2.05, 4.69) is 30.9 Å². The fourth-order valence-corrected chi connectivity index (χ4v) is 2.89. The van der Waals surface area contributed by atoms with Crippen molar-refractivity contribution in [2.45, 2.75) is 32.5 Å². The van der Waals surface area contributed by atoms with E-state index in [9.17, 15) is 0 Å². The number of morpholine rings is 1. The summed E-state index contributed by atoms with van der Waals surface area (Å²) in [5, 5.41) is 9.12. The van der Waals surface area contributed by atoms with Gasteiger partial charge in [-0.2, -0.15) is 0 Å². The van der Waals surface area contributed by atoms with Crippen LogP contribution in [0.4, 0.5) is 0 Å². The summed E-state index contributed by atoms with van der Waals surface area (Å²) >= 11 is 1.85. The highest BCUT2D eigenvalue weighted by atomic mass is 32.1. The zero-order chi connectivity index (χ0) is 11.5. The normalized spacial score (nSPS) is 27.2. The number of aliphatic hydroxyl groups is 1. The van der Waals surface area contributed by atoms with Gasteiger partial charge >= 0.3 is 0 Å². The molecule has 1 aromatic rings. The first kappa shape index (κ1) is 12.0. The second-order valence-electron chi connectivity index (χ2n) is 4.43. The highest BCUT2D eigenvalue weighted by Crippen LogP contribution is 2.20. The van der Waals surface area contributed by atoms with Crippen molar-refractivity contribution >= 4 is 11.3 Å². The van der Waals surface area contributed by atoms with Gasteiger partial charge < -0.3 is 9.84 Å². The molecule has 0 aromatic carbocycles. The Balaban J connectivity index is 1.96. The summed E-state index contributed by atoms with van der Waals surface area (Å²) in [6, 6.07) is 4.79. The molecule has 1 aliphatic heterocycles. The van der Waals surface area contributed by atoms with Gasteiger partial charge in [0.1, 0.15) is 0 Å². The number of ether oxygens (including phenoxy) is 1. The summed E-state index contributed by atoms with van der Waals surface area (Å²) < 4.78 is 5.52. The molecule has 1 aliphatic rings. The number of nitrogens with zero attached hydrogens (tertiary/aromatic N) is 1. The van der Waals surface area contributed by atoms with E-state index in [1.54, 1.807) is 0 Å². The van der Waals surface area contributed by atoms with Crippen LogP contribution in [0.15, 0.2) is 12.1 Å². The van der Waals surface area contributed by atoms with Gasteiger partial charge in [0.15, 0.2) is 0 Å². The fraction of sp³-hybridized carbons (Fsp3) is 0.667. The summed E-state index contributed by atoms with van der Waals surface area (Å²) in [5.74, 6) is 0. The smallest absolute Gasteiger partial charge is 0.0933 e. The van der Waals surface area contributed by atoms with E-state index in [0.29, 0.717) is 6.04 Å². The summed E-state index contributed by atoms with van der Waals surface area (Å²) in [5.41, 5.74) is 0. The molecule has 1 aromatic heterocycles. The lowest BCUT2D eigenvalue weighted by molar-refractivity contribution is -0.0802. The SMILES string of the molecule is Cc1ccc(CN2CC(CO)OCC2C)s1. The van der Waals surface area contributed by atoms with Crippen LogP contribution in [0.2, 0.25) is 0 Å². The monoisotopic (exact) mass is 241 g/mol. The zero-order valence-electron chi connectivity index (χ0n) is 9.85. The van der Waals surface area contributed by atoms with E-state index in [4.69, 9.17) is 9.84 Å². The number of rotatable bonds is 3. The number of thiophene rings is 1. The van der Waals surface area contributed by atoms with Gasteiger partial charge in [0, 0.05) is 28.9 Å². The summed E-state index contributed by atoms with van der Waals surface area (Å²) in [4.78, 5) is 5.13. The molecule has 2 rings (SSSR count). The van der Waals surface area contributed by atoms with Gasteiger partial charge in [0.25, 0.3) is 0 Å². The van der Waals surface area contributed by atoms with E-state index in [0.717, 1.165) is 19.7 Å². The Morgan fingerprint density at radius 2 is 2.38 bits per heavy atom. The van der Waals surface area contributed by atoms with Gasteiger partial charge in [-0.25, -0.2) is 0 Å². The summed E-state index contributed by atoms with van der Waals surface area (Å²) in [6.07, 6.45) is -0.0164. The van der Waals surface area contributed by atoms with Crippen LogP contribution in [0.5, 0.6) is 0 Å². The number of hydrogen-bond acceptors (Lipinski definition) is 4. The molecule has 2 heterocycles. The van der Waals surface area contributed by atoms with E-state index >= 15 is 0 Å². The molecule has 0 bridgehead atoms. The predicted octanol–water partition coefficient (Wildman–Crippen LogP) is 1.64. The van der Waals surface area contributed by atoms with Crippen LogP contribution in [0, 0.1) is 6.92 Å². The molecular formula is C12H19NO2S. The molecule has 1 N–H and O–H groups in total. The third-order valence-corrected chi connectivity index (χ3v) is 3.98. The van der Waals surface area contributed by atoms with Crippen LogP contribution in [0.3, 0.4) is 0 Å². The van der Waals surface area contributed by atoms with Crippen molar-refractivity contribution in [1.82, 2.24) is 4.90 Å². The topological polar surface area (TPSA) is 32.7 Å². The third kappa shape index (κ3) is 2.83. The first-order chi connectivity index (χ1) is 7.69. The Hall–Kier alpha value is -0.420. The van der Waals surface area contributed by atoms with Crippen molar-refractivity contribution < 1.29 is 9.84 Å². The first-order valence-electron chi connectivity index (χ1n) is 5.71. The van der Waals surface area contributed by atoms with Crippen LogP contribution in [-0.4, -0.2) is 41.9 Å². The lowest BCUT2D eigenvalue weighted by Crippen LogP contribution is -2.48. The van der Waals surface area contributed by atoms with E-state index in [-0.39, 0.29) is 12.7 Å². The Morgan fingerprint density at radius 3 is 3.00 bits per heavy atom. The maximum Gasteiger partial charge on any atom is 0.0933 e. The van der Waals surface area contributed by atoms with Gasteiger partial charge in [-0.3, -0.25) is 4.90 Å². The number of hydrogen-bond donors (Lipinski definition) is 1. The van der Waals surface area contributed by atoms with Crippen molar-refractivity contribution in [3.8, 4) is 0 Å². The molecule has 0 spiro atoms. The lowest BCUT2D eigenvalue weighted by atomic mass is 10.2. The highest BCUT2D eigenvalue weighted by molar-refractivity contribution is 7.11. The highest BCUT2D eigenvalue weighted by Gasteiger charge is 2.25. The van der Waals surface area contributed by atoms with Gasteiger partial charge in [-0.1, -0.05) is 0 Å². The van der Waals surface area contributed by atoms with Gasteiger partial charge in [0.2, 0.25) is 0 Å². The van der Waals surface area contributed by atoms with Crippen molar-refractivity contribution in [3.63, 3.8) is 0 Å². The molecule has 0 amide bonds. The third-order valence-electron chi connectivity index (χ3n) is 2.99. The minimum atomic E-state index is -0.0164. The van der Waals surface area contributed by atoms with Crippen LogP contribution in [-0.2, 0) is 11.3 Å². The maximum absolute atomic E-state index is 9.12. The lowest BCUT2D eigenvalue weighted by Gasteiger charge is -2.37. The van der Waals surface area contributed by atoms with Crippen LogP contribution >= 0.6 is 11.3 Å². The van der Waals surface area contributed by atoms with Crippen LogP contribution in [0.25, 0.3) is 0 Å². The second kappa shape index (κ2) is 5.27. The van der Waals surface area contributed by atoms with Gasteiger partial charge in [0.05, 0.1) is 19.3 Å². The van der Waals surface area contributed by atoms with E-state index in [1.165, 1.54) is 9.75 Å². The minimum absolute atomic E-state index is 0.0164. The summed E-state index contributed by atoms with van der Waals surface area (Å²) in [6.45, 7) is 6.94. The second-order valence-corrected chi connectivity index (χ2v) is 5.80. The fourth-order valence-electron chi connectivity index (χ4n) is 1.98. The Kier molecular flexibility index (Phi) is 3.97. The molecule has 2 atom stereocenters. The molecule has 0 saturated carbocycles. The minimum Gasteiger partial charge on any atom is -0.394 e. The van der Waals surface area contributed by atoms with Gasteiger partial charge in [-0.05, 0) is 26.0 Å². The molecule has 90 valence electrons. The molecule has 0 aliphatic carbocycles. The Morgan fingerprint density at radius 1 is 1.56 bits per heavy atom. The first-order valence-corrected chi connectivity index (χ1v) is 6.52. The van der Waals surface area contributed by atoms with Gasteiger partial charge in [-0.15, -0.1) is 11.3 Å². The summed E-state index contributed by atoms with van der Waals surface area (Å²) in [7, 11) is 0. The van der Waals surface area contributed by atoms with E-state index in [1.807, 2.05) is 11.3 Å². The Labute approximate surface area is 101 Å². The van der Waals surface area contributed by atoms with E-state index < -0.39 is 0 Å². The molecule has 1 fully saturated rings. The standard InChI is InChI=1S/C12H19NO2S/c1-9-8-15-11(7-14)5-13(9)6-12-4-3-10(2)16-12/h3-4,9,11,14H,5-8H2,1-2H3. The predicted molar refractivity (Wildman–Crippen MR) is 65.8 cm³/mol. The molecule has 1 saturated heterocycles. The molecule has 2 unspecified atom stereocenters. The quantitative estimate of drug-likeness (QED) is 0.873. The largest absolute Gasteiger partial charge is 0.394 e. The molecule has 0 radical (unpaired) electrons. The average molecular weight is 241 g/mol. The zero-order valence-corrected chi connectivity index (χ0v) is 10.7. The van der Waals surface area contributed by atoms with Crippen LogP contribution < -0.4 is 0 Å². The van der Waals surface area contributed by atoms with Crippen LogP contribution in [0.1, 0.15) is 16.7 Å². The Bertz CT molecular complexity index is 340. The maximum atomic E-state index is 9.12. The molecule has 3 nitrogen and oxygen atoms in total. The van der Waals surface area contributed by atoms with Crippen molar-refractivity contribution in [1.29, 1.82) is 0 Å². The molecule has 16 heavy (non-hydrogen) atoms. The molecular weight excluding hydrogens is 222 g/mol. The van der Waals surface area contributed by atoms with Crippen molar-refractivity contribution in [3.05, 3.63) is 21.9 Å². The number of aryl methyl sites for hydroxylation is 1. The average Bonchev–Trinajstić information content (AvgIpc) is 2.67. The number of aliphatic hydroxyl groups excluding tert-OH is 1.